The molecule has 2 fully saturated rings. The molecule has 1 saturated heterocycles. The van der Waals surface area contributed by atoms with Crippen molar-refractivity contribution in [2.24, 2.45) is 11.8 Å². The van der Waals surface area contributed by atoms with Gasteiger partial charge in [-0.05, 0) is 24.6 Å². The van der Waals surface area contributed by atoms with Crippen LogP contribution in [0.25, 0.3) is 0 Å². The third-order valence-corrected chi connectivity index (χ3v) is 6.43. The molecule has 6 atom stereocenters. The minimum atomic E-state index is -0.690. The molecule has 1 saturated carbocycles. The molecule has 5 nitrogen and oxygen atoms in total. The maximum absolute atomic E-state index is 12.6. The first-order chi connectivity index (χ1) is 14.9. The zero-order valence-corrected chi connectivity index (χ0v) is 17.8. The maximum Gasteiger partial charge on any atom is 0.338 e. The smallest absolute Gasteiger partial charge is 0.338 e. The van der Waals surface area contributed by atoms with E-state index in [0.29, 0.717) is 18.4 Å². The van der Waals surface area contributed by atoms with Gasteiger partial charge in [-0.25, -0.2) is 4.79 Å². The second-order valence-electron chi connectivity index (χ2n) is 8.60. The summed E-state index contributed by atoms with van der Waals surface area (Å²) in [5.41, 5.74) is 2.70. The van der Waals surface area contributed by atoms with Crippen LogP contribution in [0.3, 0.4) is 0 Å². The number of fused-ring (bicyclic) bond motifs is 1. The maximum atomic E-state index is 12.6. The molecule has 0 amide bonds. The van der Waals surface area contributed by atoms with Gasteiger partial charge in [-0.2, -0.15) is 0 Å². The van der Waals surface area contributed by atoms with Crippen molar-refractivity contribution in [3.05, 3.63) is 83.4 Å². The first-order valence-corrected chi connectivity index (χ1v) is 10.8. The summed E-state index contributed by atoms with van der Waals surface area (Å²) in [5.74, 6) is -0.902. The number of aliphatic hydroxyl groups excluding tert-OH is 1. The minimum absolute atomic E-state index is 0.0428. The Bertz CT molecular complexity index is 967. The number of esters is 2. The fourth-order valence-electron chi connectivity index (χ4n) is 4.63. The highest BCUT2D eigenvalue weighted by Gasteiger charge is 2.50. The lowest BCUT2D eigenvalue weighted by Crippen LogP contribution is -2.25. The van der Waals surface area contributed by atoms with E-state index in [-0.39, 0.29) is 35.8 Å². The zero-order valence-electron chi connectivity index (χ0n) is 17.8. The molecule has 2 aromatic carbocycles. The average Bonchev–Trinajstić information content (AvgIpc) is 3.27. The highest BCUT2D eigenvalue weighted by molar-refractivity contribution is 5.89. The number of aryl methyl sites for hydroxylation is 1. The van der Waals surface area contributed by atoms with Crippen molar-refractivity contribution >= 4 is 11.9 Å². The molecule has 5 heteroatoms. The Balaban J connectivity index is 1.49. The fourth-order valence-corrected chi connectivity index (χ4v) is 4.63. The molecule has 162 valence electrons. The Morgan fingerprint density at radius 1 is 1.19 bits per heavy atom. The molecule has 2 aliphatic rings. The molecule has 1 N–H and O–H groups in total. The van der Waals surface area contributed by atoms with Gasteiger partial charge in [-0.1, -0.05) is 67.1 Å². The van der Waals surface area contributed by atoms with E-state index in [0.717, 1.165) is 11.1 Å². The van der Waals surface area contributed by atoms with Gasteiger partial charge in [0, 0.05) is 24.2 Å². The van der Waals surface area contributed by atoms with Gasteiger partial charge in [0.1, 0.15) is 12.2 Å². The van der Waals surface area contributed by atoms with E-state index in [1.54, 1.807) is 30.3 Å². The predicted molar refractivity (Wildman–Crippen MR) is 116 cm³/mol. The number of rotatable bonds is 6. The van der Waals surface area contributed by atoms with E-state index < -0.39 is 12.2 Å². The van der Waals surface area contributed by atoms with E-state index in [1.807, 2.05) is 44.2 Å². The SMILES string of the molecule is Cc1cccc([C@@H](C)[C@H](O)C=C[C@@H]2[C@H]3CC(=O)O[C@H]3C[C@H]2OC(=O)c2ccccc2)c1. The lowest BCUT2D eigenvalue weighted by molar-refractivity contribution is -0.141. The summed E-state index contributed by atoms with van der Waals surface area (Å²) in [5, 5.41) is 10.8. The average molecular weight is 421 g/mol. The Morgan fingerprint density at radius 2 is 1.97 bits per heavy atom. The standard InChI is InChI=1S/C26H28O5/c1-16-7-6-10-19(13-16)17(2)22(27)12-11-20-21-14-25(28)30-24(21)15-23(20)31-26(29)18-8-4-3-5-9-18/h3-13,17,20-24,27H,14-15H2,1-2H3/t17-,20-,21-,22-,23-,24+/m1/s1. The minimum Gasteiger partial charge on any atom is -0.462 e. The van der Waals surface area contributed by atoms with E-state index in [4.69, 9.17) is 9.47 Å². The molecule has 4 rings (SSSR count). The number of aliphatic hydroxyl groups is 1. The molecule has 1 aliphatic heterocycles. The molecule has 0 aromatic heterocycles. The normalized spacial score (nSPS) is 27.0. The number of hydrogen-bond donors (Lipinski definition) is 1. The molecule has 0 spiro atoms. The van der Waals surface area contributed by atoms with Gasteiger partial charge >= 0.3 is 11.9 Å². The third kappa shape index (κ3) is 4.72. The van der Waals surface area contributed by atoms with Crippen LogP contribution in [-0.2, 0) is 14.3 Å². The van der Waals surface area contributed by atoms with E-state index in [1.165, 1.54) is 0 Å². The second kappa shape index (κ2) is 9.06. The van der Waals surface area contributed by atoms with Crippen LogP contribution in [-0.4, -0.2) is 35.4 Å². The number of benzene rings is 2. The Morgan fingerprint density at radius 3 is 2.71 bits per heavy atom. The van der Waals surface area contributed by atoms with Crippen molar-refractivity contribution in [3.8, 4) is 0 Å². The highest BCUT2D eigenvalue weighted by Crippen LogP contribution is 2.44. The molecule has 0 radical (unpaired) electrons. The molecule has 1 aliphatic carbocycles. The van der Waals surface area contributed by atoms with E-state index in [2.05, 4.69) is 6.07 Å². The van der Waals surface area contributed by atoms with Crippen LogP contribution in [0.2, 0.25) is 0 Å². The highest BCUT2D eigenvalue weighted by atomic mass is 16.6. The van der Waals surface area contributed by atoms with Crippen LogP contribution in [0, 0.1) is 18.8 Å². The van der Waals surface area contributed by atoms with Crippen LogP contribution in [0.4, 0.5) is 0 Å². The van der Waals surface area contributed by atoms with Gasteiger partial charge in [-0.3, -0.25) is 4.79 Å². The van der Waals surface area contributed by atoms with Crippen molar-refractivity contribution in [2.75, 3.05) is 0 Å². The lowest BCUT2D eigenvalue weighted by Gasteiger charge is -2.22. The van der Waals surface area contributed by atoms with Crippen molar-refractivity contribution < 1.29 is 24.2 Å². The first-order valence-electron chi connectivity index (χ1n) is 10.8. The summed E-state index contributed by atoms with van der Waals surface area (Å²) >= 11 is 0. The number of carbonyl (C=O) groups excluding carboxylic acids is 2. The van der Waals surface area contributed by atoms with Crippen molar-refractivity contribution in [1.82, 2.24) is 0 Å². The molecule has 0 bridgehead atoms. The van der Waals surface area contributed by atoms with Crippen LogP contribution in [0.1, 0.15) is 47.2 Å². The molecule has 2 aromatic rings. The first kappa shape index (κ1) is 21.3. The van der Waals surface area contributed by atoms with Gasteiger partial charge in [0.25, 0.3) is 0 Å². The Kier molecular flexibility index (Phi) is 6.23. The van der Waals surface area contributed by atoms with Crippen LogP contribution >= 0.6 is 0 Å². The fraction of sp³-hybridized carbons (Fsp3) is 0.385. The topological polar surface area (TPSA) is 72.8 Å². The quantitative estimate of drug-likeness (QED) is 0.560. The number of hydrogen-bond acceptors (Lipinski definition) is 5. The molecular weight excluding hydrogens is 392 g/mol. The molecule has 0 unspecified atom stereocenters. The van der Waals surface area contributed by atoms with Gasteiger partial charge < -0.3 is 14.6 Å². The summed E-state index contributed by atoms with van der Waals surface area (Å²) in [7, 11) is 0. The Hall–Kier alpha value is -2.92. The van der Waals surface area contributed by atoms with Gasteiger partial charge in [0.2, 0.25) is 0 Å². The van der Waals surface area contributed by atoms with Crippen LogP contribution < -0.4 is 0 Å². The van der Waals surface area contributed by atoms with Crippen molar-refractivity contribution in [2.45, 2.75) is 50.9 Å². The van der Waals surface area contributed by atoms with Gasteiger partial charge in [0.15, 0.2) is 0 Å². The molecule has 1 heterocycles. The van der Waals surface area contributed by atoms with Crippen molar-refractivity contribution in [3.63, 3.8) is 0 Å². The Labute approximate surface area is 182 Å². The van der Waals surface area contributed by atoms with Crippen molar-refractivity contribution in [1.29, 1.82) is 0 Å². The molecule has 31 heavy (non-hydrogen) atoms. The number of carbonyl (C=O) groups is 2. The lowest BCUT2D eigenvalue weighted by atomic mass is 9.89. The monoisotopic (exact) mass is 420 g/mol. The second-order valence-corrected chi connectivity index (χ2v) is 8.60. The molecular formula is C26H28O5. The number of ether oxygens (including phenoxy) is 2. The van der Waals surface area contributed by atoms with Gasteiger partial charge in [0.05, 0.1) is 18.1 Å². The van der Waals surface area contributed by atoms with Crippen LogP contribution in [0.5, 0.6) is 0 Å². The predicted octanol–water partition coefficient (Wildman–Crippen LogP) is 4.19. The third-order valence-electron chi connectivity index (χ3n) is 6.43. The summed E-state index contributed by atoms with van der Waals surface area (Å²) in [4.78, 5) is 24.4. The summed E-state index contributed by atoms with van der Waals surface area (Å²) < 4.78 is 11.3. The summed E-state index contributed by atoms with van der Waals surface area (Å²) in [6.07, 6.45) is 3.13. The van der Waals surface area contributed by atoms with Gasteiger partial charge in [-0.15, -0.1) is 0 Å². The zero-order chi connectivity index (χ0) is 22.0. The summed E-state index contributed by atoms with van der Waals surface area (Å²) in [6, 6.07) is 17.0. The van der Waals surface area contributed by atoms with Crippen LogP contribution in [0.15, 0.2) is 66.7 Å². The summed E-state index contributed by atoms with van der Waals surface area (Å²) in [6.45, 7) is 4.01. The van der Waals surface area contributed by atoms with E-state index >= 15 is 0 Å². The largest absolute Gasteiger partial charge is 0.462 e. The van der Waals surface area contributed by atoms with E-state index in [9.17, 15) is 14.7 Å².